The van der Waals surface area contributed by atoms with Gasteiger partial charge in [-0.25, -0.2) is 9.59 Å². The minimum Gasteiger partial charge on any atom is -0.435 e. The number of halogens is 6. The van der Waals surface area contributed by atoms with Crippen molar-refractivity contribution >= 4 is 45.6 Å². The molecule has 6 radical (unpaired) electrons. The molecule has 0 aliphatic heterocycles. The Morgan fingerprint density at radius 2 is 1.32 bits per heavy atom. The van der Waals surface area contributed by atoms with E-state index in [4.69, 9.17) is 32.8 Å². The van der Waals surface area contributed by atoms with Crippen molar-refractivity contribution in [2.75, 3.05) is 5.75 Å². The van der Waals surface area contributed by atoms with Crippen molar-refractivity contribution < 1.29 is 58.4 Å². The first-order valence-electron chi connectivity index (χ1n) is 8.87. The third-order valence-electron chi connectivity index (χ3n) is 4.11. The van der Waals surface area contributed by atoms with Crippen LogP contribution in [0, 0.1) is 0 Å². The highest BCUT2D eigenvalue weighted by Gasteiger charge is 2.75. The van der Waals surface area contributed by atoms with E-state index in [9.17, 15) is 44.3 Å². The maximum Gasteiger partial charge on any atom is 0.438 e. The quantitative estimate of drug-likeness (QED) is 0.135. The van der Waals surface area contributed by atoms with Crippen LogP contribution in [0.15, 0.2) is 24.3 Å². The summed E-state index contributed by atoms with van der Waals surface area (Å²) < 4.78 is 117. The zero-order valence-electron chi connectivity index (χ0n) is 16.9. The first kappa shape index (κ1) is 29.6. The van der Waals surface area contributed by atoms with Crippen LogP contribution >= 0.6 is 0 Å². The fraction of sp³-hybridized carbons (Fsp3) is 0.412. The number of ether oxygens (including phenoxy) is 2. The Morgan fingerprint density at radius 3 is 1.68 bits per heavy atom. The van der Waals surface area contributed by atoms with Crippen LogP contribution in [0.3, 0.4) is 0 Å². The van der Waals surface area contributed by atoms with E-state index in [1.807, 2.05) is 0 Å². The minimum absolute atomic E-state index is 0.0731. The van der Waals surface area contributed by atoms with Gasteiger partial charge in [-0.1, -0.05) is 36.7 Å². The molecule has 1 N–H and O–H groups in total. The number of rotatable bonds is 9. The summed E-state index contributed by atoms with van der Waals surface area (Å²) in [7, 11) is 10.7. The van der Waals surface area contributed by atoms with Gasteiger partial charge in [-0.05, 0) is 11.1 Å². The zero-order valence-corrected chi connectivity index (χ0v) is 17.8. The Labute approximate surface area is 193 Å². The highest BCUT2D eigenvalue weighted by atomic mass is 32.2. The lowest BCUT2D eigenvalue weighted by Crippen LogP contribution is -2.63. The zero-order chi connectivity index (χ0) is 26.5. The Balaban J connectivity index is 3.23. The summed E-state index contributed by atoms with van der Waals surface area (Å²) >= 11 is 0. The Bertz CT molecular complexity index is 1020. The van der Waals surface area contributed by atoms with E-state index in [1.54, 1.807) is 0 Å². The van der Waals surface area contributed by atoms with E-state index in [1.165, 1.54) is 12.1 Å². The standard InChI is InChI=1S/C17H13B3F6O7S/c18-5-9-3-10(6-19)14(11(4-9)7-20)32-12(27)1-2-13(28)33-15(16(21,22)23,17(24,25)26)8-34(29,30)31/h1-4H,5-8H2,(H,29,30,31)/b2-1+. The van der Waals surface area contributed by atoms with Gasteiger partial charge in [-0.2, -0.15) is 34.8 Å². The Morgan fingerprint density at radius 1 is 0.882 bits per heavy atom. The lowest BCUT2D eigenvalue weighted by Gasteiger charge is -2.35. The Kier molecular flexibility index (Phi) is 9.48. The fourth-order valence-electron chi connectivity index (χ4n) is 2.58. The van der Waals surface area contributed by atoms with Crippen LogP contribution in [0.25, 0.3) is 0 Å². The van der Waals surface area contributed by atoms with Crippen molar-refractivity contribution in [3.8, 4) is 5.75 Å². The minimum atomic E-state index is -6.51. The third kappa shape index (κ3) is 7.29. The molecule has 0 saturated heterocycles. The molecule has 1 rings (SSSR count). The van der Waals surface area contributed by atoms with Gasteiger partial charge in [0.05, 0.1) is 23.5 Å². The molecule has 0 saturated carbocycles. The summed E-state index contributed by atoms with van der Waals surface area (Å²) in [5, 5.41) is 0. The second-order valence-corrected chi connectivity index (χ2v) is 8.03. The third-order valence-corrected chi connectivity index (χ3v) is 4.88. The summed E-state index contributed by atoms with van der Waals surface area (Å²) in [5.74, 6) is -7.09. The molecule has 0 aliphatic rings. The second-order valence-electron chi connectivity index (χ2n) is 6.58. The van der Waals surface area contributed by atoms with Crippen molar-refractivity contribution in [3.05, 3.63) is 41.0 Å². The molecule has 1 aromatic carbocycles. The van der Waals surface area contributed by atoms with Crippen LogP contribution in [-0.4, -0.2) is 72.2 Å². The average Bonchev–Trinajstić information content (AvgIpc) is 2.69. The van der Waals surface area contributed by atoms with Gasteiger partial charge in [0.25, 0.3) is 10.1 Å². The van der Waals surface area contributed by atoms with Crippen LogP contribution < -0.4 is 4.74 Å². The van der Waals surface area contributed by atoms with Crippen LogP contribution in [-0.2, 0) is 43.4 Å². The van der Waals surface area contributed by atoms with Crippen molar-refractivity contribution in [1.29, 1.82) is 0 Å². The van der Waals surface area contributed by atoms with E-state index in [2.05, 4.69) is 4.74 Å². The maximum atomic E-state index is 13.2. The molecule has 1 aromatic rings. The number of hydrogen-bond acceptors (Lipinski definition) is 6. The number of hydrogen-bond donors (Lipinski definition) is 1. The summed E-state index contributed by atoms with van der Waals surface area (Å²) in [6, 6.07) is 2.91. The molecule has 34 heavy (non-hydrogen) atoms. The number of carbonyl (C=O) groups excluding carboxylic acids is 2. The predicted molar refractivity (Wildman–Crippen MR) is 107 cm³/mol. The molecule has 0 aromatic heterocycles. The van der Waals surface area contributed by atoms with Gasteiger partial charge in [-0.15, -0.1) is 0 Å². The molecule has 0 unspecified atom stereocenters. The molecule has 0 atom stereocenters. The van der Waals surface area contributed by atoms with Gasteiger partial charge >= 0.3 is 29.9 Å². The topological polar surface area (TPSA) is 107 Å². The van der Waals surface area contributed by atoms with Gasteiger partial charge in [0.15, 0.2) is 0 Å². The monoisotopic (exact) mass is 508 g/mol. The maximum absolute atomic E-state index is 13.2. The number of esters is 2. The lowest BCUT2D eigenvalue weighted by molar-refractivity contribution is -0.360. The van der Waals surface area contributed by atoms with Crippen molar-refractivity contribution in [2.45, 2.75) is 36.9 Å². The normalized spacial score (nSPS) is 13.1. The highest BCUT2D eigenvalue weighted by molar-refractivity contribution is 7.85. The summed E-state index contributed by atoms with van der Waals surface area (Å²) in [6.45, 7) is 0. The number of alkyl halides is 6. The van der Waals surface area contributed by atoms with Crippen LogP contribution in [0.1, 0.15) is 16.7 Å². The largest absolute Gasteiger partial charge is 0.438 e. The van der Waals surface area contributed by atoms with Gasteiger partial charge in [0, 0.05) is 12.2 Å². The molecule has 7 nitrogen and oxygen atoms in total. The lowest BCUT2D eigenvalue weighted by atomic mass is 9.85. The molecule has 17 heteroatoms. The first-order chi connectivity index (χ1) is 15.4. The smallest absolute Gasteiger partial charge is 0.435 e. The van der Waals surface area contributed by atoms with Crippen LogP contribution in [0.4, 0.5) is 26.3 Å². The SMILES string of the molecule is [B]Cc1cc(C[B])c(OC(=O)/C=C/C(=O)OC(CS(=O)(=O)O)(C(F)(F)F)C(F)(F)F)c(C[B])c1. The molecule has 0 heterocycles. The predicted octanol–water partition coefficient (Wildman–Crippen LogP) is 1.45. The summed E-state index contributed by atoms with van der Waals surface area (Å²) in [4.78, 5) is 23.7. The Hall–Kier alpha value is -2.42. The molecular formula is C17H13B3F6O7S. The molecule has 0 bridgehead atoms. The molecular weight excluding hydrogens is 495 g/mol. The van der Waals surface area contributed by atoms with E-state index in [0.717, 1.165) is 0 Å². The van der Waals surface area contributed by atoms with Crippen molar-refractivity contribution in [1.82, 2.24) is 0 Å². The van der Waals surface area contributed by atoms with Gasteiger partial charge < -0.3 is 9.47 Å². The van der Waals surface area contributed by atoms with E-state index < -0.39 is 45.8 Å². The van der Waals surface area contributed by atoms with Gasteiger partial charge in [0.2, 0.25) is 0 Å². The van der Waals surface area contributed by atoms with Crippen molar-refractivity contribution in [3.63, 3.8) is 0 Å². The fourth-order valence-corrected chi connectivity index (χ4v) is 3.48. The van der Waals surface area contributed by atoms with E-state index >= 15 is 0 Å². The molecule has 0 spiro atoms. The number of benzene rings is 1. The summed E-state index contributed by atoms with van der Waals surface area (Å²) in [6.07, 6.45) is -13.3. The van der Waals surface area contributed by atoms with Crippen molar-refractivity contribution in [2.24, 2.45) is 0 Å². The number of carbonyl (C=O) groups is 2. The molecule has 0 fully saturated rings. The van der Waals surface area contributed by atoms with Gasteiger partial charge in [0.1, 0.15) is 11.5 Å². The summed E-state index contributed by atoms with van der Waals surface area (Å²) in [5.41, 5.74) is -4.59. The van der Waals surface area contributed by atoms with Crippen LogP contribution in [0.2, 0.25) is 0 Å². The second kappa shape index (κ2) is 10.9. The highest BCUT2D eigenvalue weighted by Crippen LogP contribution is 2.46. The molecule has 180 valence electrons. The van der Waals surface area contributed by atoms with E-state index in [-0.39, 0.29) is 48.0 Å². The molecule has 0 aliphatic carbocycles. The van der Waals surface area contributed by atoms with Crippen LogP contribution in [0.5, 0.6) is 5.75 Å². The van der Waals surface area contributed by atoms with E-state index in [0.29, 0.717) is 5.56 Å². The van der Waals surface area contributed by atoms with Gasteiger partial charge in [-0.3, -0.25) is 4.55 Å². The average molecular weight is 508 g/mol. The first-order valence-corrected chi connectivity index (χ1v) is 10.5. The molecule has 0 amide bonds.